The molecule has 0 amide bonds. The molecule has 0 aromatic heterocycles. The van der Waals surface area contributed by atoms with E-state index >= 15 is 0 Å². The normalized spacial score (nSPS) is 17.1. The third-order valence-corrected chi connectivity index (χ3v) is 0.827. The van der Waals surface area contributed by atoms with Crippen molar-refractivity contribution < 1.29 is 21.7 Å². The minimum Gasteiger partial charge on any atom is -1.00 e. The molecule has 0 atom stereocenters. The van der Waals surface area contributed by atoms with Gasteiger partial charge >= 0.3 is 0 Å². The van der Waals surface area contributed by atoms with E-state index in [0.717, 1.165) is 13.2 Å². The van der Waals surface area contributed by atoms with Crippen LogP contribution < -0.4 is 23.1 Å². The van der Waals surface area contributed by atoms with E-state index in [1.807, 2.05) is 0 Å². The summed E-state index contributed by atoms with van der Waals surface area (Å²) in [5.74, 6) is 0. The van der Waals surface area contributed by atoms with E-state index < -0.39 is 0 Å². The Morgan fingerprint density at radius 1 is 1.00 bits per heavy atom. The molecule has 0 aromatic carbocycles. The van der Waals surface area contributed by atoms with Crippen molar-refractivity contribution in [3.8, 4) is 0 Å². The fourth-order valence-corrected chi connectivity index (χ4v) is 0.510. The molecule has 1 fully saturated rings. The fourth-order valence-electron chi connectivity index (χ4n) is 0.510. The first-order valence-electron chi connectivity index (χ1n) is 2.08. The highest BCUT2D eigenvalue weighted by molar-refractivity contribution is 4.43. The first-order chi connectivity index (χ1) is 2.50. The van der Waals surface area contributed by atoms with E-state index in [0.29, 0.717) is 0 Å². The van der Waals surface area contributed by atoms with Crippen molar-refractivity contribution >= 4 is 0 Å². The maximum absolute atomic E-state index is 4.94. The molecule has 3 heteroatoms. The summed E-state index contributed by atoms with van der Waals surface area (Å²) in [6, 6.07) is 0. The second kappa shape index (κ2) is 6.40. The molecule has 7 heavy (non-hydrogen) atoms. The van der Waals surface area contributed by atoms with Gasteiger partial charge in [-0.15, -0.1) is 0 Å². The van der Waals surface area contributed by atoms with Crippen molar-refractivity contribution in [2.45, 2.75) is 12.8 Å². The van der Waals surface area contributed by atoms with Gasteiger partial charge in [0.1, 0.15) is 0 Å². The minimum atomic E-state index is 0. The lowest BCUT2D eigenvalue weighted by atomic mass is 10.4. The van der Waals surface area contributed by atoms with Gasteiger partial charge in [-0.1, -0.05) is 0 Å². The Morgan fingerprint density at radius 2 is 1.43 bits per heavy atom. The molecular weight excluding hydrogens is 158 g/mol. The van der Waals surface area contributed by atoms with Crippen molar-refractivity contribution in [3.05, 3.63) is 0 Å². The van der Waals surface area contributed by atoms with Crippen LogP contribution in [0.3, 0.4) is 0 Å². The van der Waals surface area contributed by atoms with Crippen LogP contribution in [0.1, 0.15) is 12.8 Å². The SMILES string of the molecule is C1CCOC1.[Br-].[NH4+]. The molecule has 1 aliphatic rings. The number of halogens is 1. The Morgan fingerprint density at radius 3 is 1.57 bits per heavy atom. The second-order valence-electron chi connectivity index (χ2n) is 1.32. The second-order valence-corrected chi connectivity index (χ2v) is 1.32. The molecule has 0 unspecified atom stereocenters. The number of ether oxygens (including phenoxy) is 1. The number of quaternary nitrogens is 1. The van der Waals surface area contributed by atoms with Gasteiger partial charge < -0.3 is 27.9 Å². The molecular formula is C4H12BrNO. The standard InChI is InChI=1S/C4H8O.BrH.H3N/c1-2-4-5-3-1;;/h1-4H2;1H;1H3. The first kappa shape index (κ1) is 10.4. The Bertz CT molecular complexity index is 23.3. The minimum absolute atomic E-state index is 0. The summed E-state index contributed by atoms with van der Waals surface area (Å²) in [4.78, 5) is 0. The number of hydrogen-bond donors (Lipinski definition) is 1. The lowest BCUT2D eigenvalue weighted by molar-refractivity contribution is -0.00000210. The average Bonchev–Trinajstić information content (AvgIpc) is 1.76. The van der Waals surface area contributed by atoms with Crippen molar-refractivity contribution in [3.63, 3.8) is 0 Å². The summed E-state index contributed by atoms with van der Waals surface area (Å²) in [6.07, 6.45) is 2.56. The van der Waals surface area contributed by atoms with Gasteiger partial charge in [0.15, 0.2) is 0 Å². The summed E-state index contributed by atoms with van der Waals surface area (Å²) >= 11 is 0. The van der Waals surface area contributed by atoms with Crippen LogP contribution in [0.15, 0.2) is 0 Å². The molecule has 0 aliphatic carbocycles. The molecule has 4 N–H and O–H groups in total. The quantitative estimate of drug-likeness (QED) is 0.457. The van der Waals surface area contributed by atoms with Gasteiger partial charge in [0.25, 0.3) is 0 Å². The van der Waals surface area contributed by atoms with Gasteiger partial charge in [0, 0.05) is 13.2 Å². The van der Waals surface area contributed by atoms with E-state index in [2.05, 4.69) is 0 Å². The van der Waals surface area contributed by atoms with Crippen LogP contribution in [0.5, 0.6) is 0 Å². The molecule has 0 saturated carbocycles. The van der Waals surface area contributed by atoms with Crippen LogP contribution in [0.25, 0.3) is 0 Å². The van der Waals surface area contributed by atoms with E-state index in [9.17, 15) is 0 Å². The van der Waals surface area contributed by atoms with Gasteiger partial charge in [0.2, 0.25) is 0 Å². The molecule has 2 nitrogen and oxygen atoms in total. The fraction of sp³-hybridized carbons (Fsp3) is 1.00. The zero-order valence-corrected chi connectivity index (χ0v) is 6.20. The Balaban J connectivity index is 0. The molecule has 0 radical (unpaired) electrons. The monoisotopic (exact) mass is 169 g/mol. The predicted molar refractivity (Wildman–Crippen MR) is 26.0 cm³/mol. The Kier molecular flexibility index (Phi) is 9.50. The Labute approximate surface area is 54.6 Å². The molecule has 1 rings (SSSR count). The van der Waals surface area contributed by atoms with Gasteiger partial charge in [0.05, 0.1) is 0 Å². The number of hydrogen-bond acceptors (Lipinski definition) is 1. The molecule has 0 aromatic rings. The largest absolute Gasteiger partial charge is 1.00 e. The summed E-state index contributed by atoms with van der Waals surface area (Å²) in [7, 11) is 0. The van der Waals surface area contributed by atoms with Crippen LogP contribution in [0.2, 0.25) is 0 Å². The van der Waals surface area contributed by atoms with Crippen LogP contribution in [-0.2, 0) is 4.74 Å². The van der Waals surface area contributed by atoms with E-state index in [1.54, 1.807) is 0 Å². The van der Waals surface area contributed by atoms with Crippen LogP contribution in [-0.4, -0.2) is 13.2 Å². The maximum atomic E-state index is 4.94. The summed E-state index contributed by atoms with van der Waals surface area (Å²) in [5.41, 5.74) is 0. The van der Waals surface area contributed by atoms with Gasteiger partial charge in [-0.3, -0.25) is 0 Å². The van der Waals surface area contributed by atoms with Crippen LogP contribution in [0.4, 0.5) is 0 Å². The zero-order valence-electron chi connectivity index (χ0n) is 4.61. The van der Waals surface area contributed by atoms with E-state index in [4.69, 9.17) is 4.74 Å². The number of rotatable bonds is 0. The highest BCUT2D eigenvalue weighted by Gasteiger charge is 1.94. The lowest BCUT2D eigenvalue weighted by Gasteiger charge is -1.76. The smallest absolute Gasteiger partial charge is 0.0466 e. The summed E-state index contributed by atoms with van der Waals surface area (Å²) in [6.45, 7) is 2.00. The van der Waals surface area contributed by atoms with Crippen molar-refractivity contribution in [1.82, 2.24) is 6.15 Å². The lowest BCUT2D eigenvalue weighted by Crippen LogP contribution is -3.00. The molecule has 0 spiro atoms. The van der Waals surface area contributed by atoms with E-state index in [-0.39, 0.29) is 23.1 Å². The van der Waals surface area contributed by atoms with Crippen molar-refractivity contribution in [2.24, 2.45) is 0 Å². The first-order valence-corrected chi connectivity index (χ1v) is 2.08. The van der Waals surface area contributed by atoms with Crippen molar-refractivity contribution in [2.75, 3.05) is 13.2 Å². The zero-order chi connectivity index (χ0) is 3.54. The summed E-state index contributed by atoms with van der Waals surface area (Å²) < 4.78 is 4.94. The highest BCUT2D eigenvalue weighted by Crippen LogP contribution is 1.98. The maximum Gasteiger partial charge on any atom is 0.0466 e. The molecule has 1 aliphatic heterocycles. The van der Waals surface area contributed by atoms with Gasteiger partial charge in [-0.05, 0) is 12.8 Å². The topological polar surface area (TPSA) is 45.7 Å². The van der Waals surface area contributed by atoms with Gasteiger partial charge in [-0.25, -0.2) is 0 Å². The molecule has 1 saturated heterocycles. The predicted octanol–water partition coefficient (Wildman–Crippen LogP) is -1.82. The molecule has 46 valence electrons. The summed E-state index contributed by atoms with van der Waals surface area (Å²) in [5, 5.41) is 0. The van der Waals surface area contributed by atoms with Crippen LogP contribution in [0, 0.1) is 0 Å². The molecule has 1 heterocycles. The Hall–Kier alpha value is 0.400. The third kappa shape index (κ3) is 4.25. The van der Waals surface area contributed by atoms with Gasteiger partial charge in [-0.2, -0.15) is 0 Å². The van der Waals surface area contributed by atoms with Crippen LogP contribution >= 0.6 is 0 Å². The average molecular weight is 170 g/mol. The molecule has 0 bridgehead atoms. The highest BCUT2D eigenvalue weighted by atomic mass is 79.9. The van der Waals surface area contributed by atoms with E-state index in [1.165, 1.54) is 12.8 Å². The third-order valence-electron chi connectivity index (χ3n) is 0.827. The van der Waals surface area contributed by atoms with Crippen molar-refractivity contribution in [1.29, 1.82) is 0 Å².